The van der Waals surface area contributed by atoms with Gasteiger partial charge in [-0.15, -0.1) is 0 Å². The second kappa shape index (κ2) is 7.73. The molecule has 0 N–H and O–H groups in total. The molecule has 0 aliphatic carbocycles. The van der Waals surface area contributed by atoms with Crippen LogP contribution < -0.4 is 0 Å². The zero-order valence-corrected chi connectivity index (χ0v) is 13.2. The van der Waals surface area contributed by atoms with Crippen molar-refractivity contribution >= 4 is 0 Å². The zero-order valence-electron chi connectivity index (χ0n) is 13.2. The van der Waals surface area contributed by atoms with E-state index in [2.05, 4.69) is 28.0 Å². The van der Waals surface area contributed by atoms with Gasteiger partial charge in [-0.25, -0.2) is 0 Å². The van der Waals surface area contributed by atoms with Gasteiger partial charge in [-0.05, 0) is 37.1 Å². The minimum atomic E-state index is 0.655. The zero-order chi connectivity index (χ0) is 15.2. The van der Waals surface area contributed by atoms with E-state index >= 15 is 0 Å². The molecular weight excluding hydrogens is 274 g/mol. The lowest BCUT2D eigenvalue weighted by molar-refractivity contribution is 0.0153. The number of piperidine rings is 1. The first-order chi connectivity index (χ1) is 10.8. The number of morpholine rings is 1. The Hall–Kier alpha value is -1.41. The number of hydrogen-bond acceptors (Lipinski definition) is 4. The van der Waals surface area contributed by atoms with Crippen molar-refractivity contribution in [1.29, 1.82) is 5.26 Å². The molecule has 4 heteroatoms. The number of likely N-dealkylation sites (tertiary alicyclic amines) is 1. The summed E-state index contributed by atoms with van der Waals surface area (Å²) in [6.07, 6.45) is 3.95. The van der Waals surface area contributed by atoms with Gasteiger partial charge in [-0.2, -0.15) is 5.26 Å². The summed E-state index contributed by atoms with van der Waals surface area (Å²) in [6.45, 7) is 7.25. The predicted molar refractivity (Wildman–Crippen MR) is 86.5 cm³/mol. The van der Waals surface area contributed by atoms with Gasteiger partial charge in [0.15, 0.2) is 0 Å². The molecule has 1 aromatic carbocycles. The van der Waals surface area contributed by atoms with Crippen molar-refractivity contribution in [2.75, 3.05) is 39.4 Å². The molecule has 2 aliphatic rings. The Balaban J connectivity index is 1.60. The quantitative estimate of drug-likeness (QED) is 0.855. The molecule has 22 heavy (non-hydrogen) atoms. The van der Waals surface area contributed by atoms with E-state index in [-0.39, 0.29) is 0 Å². The van der Waals surface area contributed by atoms with E-state index in [4.69, 9.17) is 10.00 Å². The fraction of sp³-hybridized carbons (Fsp3) is 0.611. The topological polar surface area (TPSA) is 39.5 Å². The third-order valence-corrected chi connectivity index (χ3v) is 4.79. The molecule has 2 heterocycles. The van der Waals surface area contributed by atoms with Gasteiger partial charge in [-0.3, -0.25) is 9.80 Å². The first-order valence-electron chi connectivity index (χ1n) is 8.38. The molecule has 0 amide bonds. The third kappa shape index (κ3) is 4.07. The molecule has 0 unspecified atom stereocenters. The summed E-state index contributed by atoms with van der Waals surface area (Å²) in [6, 6.07) is 10.9. The molecule has 0 aromatic heterocycles. The largest absolute Gasteiger partial charge is 0.379 e. The van der Waals surface area contributed by atoms with Crippen LogP contribution in [0, 0.1) is 11.3 Å². The van der Waals surface area contributed by atoms with Crippen LogP contribution in [0.25, 0.3) is 0 Å². The van der Waals surface area contributed by atoms with Gasteiger partial charge in [0.05, 0.1) is 24.8 Å². The molecule has 3 rings (SSSR count). The number of ether oxygens (including phenoxy) is 1. The van der Waals surface area contributed by atoms with Gasteiger partial charge in [0.2, 0.25) is 0 Å². The van der Waals surface area contributed by atoms with Gasteiger partial charge >= 0.3 is 0 Å². The van der Waals surface area contributed by atoms with Crippen molar-refractivity contribution in [2.24, 2.45) is 0 Å². The maximum Gasteiger partial charge on any atom is 0.0991 e. The van der Waals surface area contributed by atoms with Crippen molar-refractivity contribution in [1.82, 2.24) is 9.80 Å². The van der Waals surface area contributed by atoms with E-state index in [0.717, 1.165) is 38.4 Å². The Morgan fingerprint density at radius 3 is 2.59 bits per heavy atom. The minimum absolute atomic E-state index is 0.655. The smallest absolute Gasteiger partial charge is 0.0991 e. The van der Waals surface area contributed by atoms with Gasteiger partial charge in [0, 0.05) is 32.2 Å². The van der Waals surface area contributed by atoms with E-state index in [1.54, 1.807) is 0 Å². The first-order valence-corrected chi connectivity index (χ1v) is 8.38. The van der Waals surface area contributed by atoms with Crippen LogP contribution in [0.5, 0.6) is 0 Å². The monoisotopic (exact) mass is 299 g/mol. The summed E-state index contributed by atoms with van der Waals surface area (Å²) in [7, 11) is 0. The lowest BCUT2D eigenvalue weighted by atomic mass is 10.00. The normalized spacial score (nSPS) is 24.0. The molecule has 1 aromatic rings. The van der Waals surface area contributed by atoms with Gasteiger partial charge < -0.3 is 4.74 Å². The SMILES string of the molecule is N#Cc1ccc(CN2CCCC[C@H]2CN2CCOCC2)cc1. The summed E-state index contributed by atoms with van der Waals surface area (Å²) < 4.78 is 5.45. The summed E-state index contributed by atoms with van der Waals surface area (Å²) in [4.78, 5) is 5.17. The second-order valence-corrected chi connectivity index (χ2v) is 6.34. The molecule has 118 valence electrons. The third-order valence-electron chi connectivity index (χ3n) is 4.79. The fourth-order valence-corrected chi connectivity index (χ4v) is 3.48. The Bertz CT molecular complexity index is 502. The summed E-state index contributed by atoms with van der Waals surface area (Å²) in [5, 5.41) is 8.90. The average molecular weight is 299 g/mol. The molecule has 0 radical (unpaired) electrons. The molecule has 0 bridgehead atoms. The van der Waals surface area contributed by atoms with E-state index in [1.807, 2.05) is 12.1 Å². The molecule has 4 nitrogen and oxygen atoms in total. The van der Waals surface area contributed by atoms with E-state index < -0.39 is 0 Å². The molecule has 2 saturated heterocycles. The Kier molecular flexibility index (Phi) is 5.44. The lowest BCUT2D eigenvalue weighted by Gasteiger charge is -2.39. The predicted octanol–water partition coefficient (Wildman–Crippen LogP) is 2.24. The van der Waals surface area contributed by atoms with E-state index in [1.165, 1.54) is 37.9 Å². The second-order valence-electron chi connectivity index (χ2n) is 6.34. The van der Waals surface area contributed by atoms with Crippen molar-refractivity contribution in [3.05, 3.63) is 35.4 Å². The highest BCUT2D eigenvalue weighted by molar-refractivity contribution is 5.31. The van der Waals surface area contributed by atoms with Crippen LogP contribution in [0.3, 0.4) is 0 Å². The Labute approximate surface area is 133 Å². The molecule has 1 atom stereocenters. The number of hydrogen-bond donors (Lipinski definition) is 0. The van der Waals surface area contributed by atoms with Gasteiger partial charge in [0.25, 0.3) is 0 Å². The molecule has 2 aliphatic heterocycles. The van der Waals surface area contributed by atoms with Crippen molar-refractivity contribution < 1.29 is 4.74 Å². The van der Waals surface area contributed by atoms with Crippen LogP contribution in [-0.2, 0) is 11.3 Å². The first kappa shape index (κ1) is 15.5. The average Bonchev–Trinajstić information content (AvgIpc) is 2.58. The van der Waals surface area contributed by atoms with Crippen LogP contribution in [-0.4, -0.2) is 55.2 Å². The van der Waals surface area contributed by atoms with Gasteiger partial charge in [0.1, 0.15) is 0 Å². The number of benzene rings is 1. The Morgan fingerprint density at radius 2 is 1.86 bits per heavy atom. The van der Waals surface area contributed by atoms with E-state index in [0.29, 0.717) is 6.04 Å². The summed E-state index contributed by atoms with van der Waals surface area (Å²) in [5.41, 5.74) is 2.06. The molecule has 0 saturated carbocycles. The van der Waals surface area contributed by atoms with Crippen LogP contribution in [0.1, 0.15) is 30.4 Å². The fourth-order valence-electron chi connectivity index (χ4n) is 3.48. The minimum Gasteiger partial charge on any atom is -0.379 e. The van der Waals surface area contributed by atoms with E-state index in [9.17, 15) is 0 Å². The maximum atomic E-state index is 8.90. The van der Waals surface area contributed by atoms with Crippen molar-refractivity contribution in [3.63, 3.8) is 0 Å². The highest BCUT2D eigenvalue weighted by atomic mass is 16.5. The lowest BCUT2D eigenvalue weighted by Crippen LogP contribution is -2.49. The van der Waals surface area contributed by atoms with Gasteiger partial charge in [-0.1, -0.05) is 18.6 Å². The highest BCUT2D eigenvalue weighted by Crippen LogP contribution is 2.21. The number of nitriles is 1. The number of nitrogens with zero attached hydrogens (tertiary/aromatic N) is 3. The molecular formula is C18H25N3O. The molecule has 0 spiro atoms. The number of rotatable bonds is 4. The van der Waals surface area contributed by atoms with Crippen LogP contribution in [0.4, 0.5) is 0 Å². The van der Waals surface area contributed by atoms with Crippen LogP contribution >= 0.6 is 0 Å². The standard InChI is InChI=1S/C18H25N3O/c19-13-16-4-6-17(7-5-16)14-21-8-2-1-3-18(21)15-20-9-11-22-12-10-20/h4-7,18H,1-3,8-12,14-15H2/t18-/m0/s1. The van der Waals surface area contributed by atoms with Crippen LogP contribution in [0.15, 0.2) is 24.3 Å². The summed E-state index contributed by atoms with van der Waals surface area (Å²) >= 11 is 0. The highest BCUT2D eigenvalue weighted by Gasteiger charge is 2.25. The summed E-state index contributed by atoms with van der Waals surface area (Å²) in [5.74, 6) is 0. The van der Waals surface area contributed by atoms with Crippen molar-refractivity contribution in [3.8, 4) is 6.07 Å². The van der Waals surface area contributed by atoms with Crippen LogP contribution in [0.2, 0.25) is 0 Å². The maximum absolute atomic E-state index is 8.90. The van der Waals surface area contributed by atoms with Crippen molar-refractivity contribution in [2.45, 2.75) is 31.8 Å². The Morgan fingerprint density at radius 1 is 1.09 bits per heavy atom. The molecule has 2 fully saturated rings.